The second kappa shape index (κ2) is 7.39. The van der Waals surface area contributed by atoms with Crippen LogP contribution in [0.25, 0.3) is 0 Å². The van der Waals surface area contributed by atoms with Gasteiger partial charge in [0.05, 0.1) is 11.2 Å². The summed E-state index contributed by atoms with van der Waals surface area (Å²) in [6, 6.07) is 4.45. The number of nitrogens with zero attached hydrogens (tertiary/aromatic N) is 1. The number of hydrogen-bond donors (Lipinski definition) is 0. The van der Waals surface area contributed by atoms with Crippen LogP contribution in [0, 0.1) is 0 Å². The molecule has 0 unspecified atom stereocenters. The maximum Gasteiger partial charge on any atom is 0.494 e. The molecule has 0 N–H and O–H groups in total. The van der Waals surface area contributed by atoms with Crippen molar-refractivity contribution in [2.45, 2.75) is 64.8 Å². The number of rotatable bonds is 4. The molecule has 2 fully saturated rings. The third-order valence-electron chi connectivity index (χ3n) is 5.57. The third kappa shape index (κ3) is 4.27. The monoisotopic (exact) mass is 381 g/mol. The van der Waals surface area contributed by atoms with Crippen LogP contribution < -0.4 is 10.2 Å². The molecule has 0 radical (unpaired) electrons. The number of carbonyl (C=O) groups excluding carboxylic acids is 1. The number of benzene rings is 1. The predicted molar refractivity (Wildman–Crippen MR) is 98.5 cm³/mol. The summed E-state index contributed by atoms with van der Waals surface area (Å²) < 4.78 is 42.1. The summed E-state index contributed by atoms with van der Waals surface area (Å²) in [5.74, 6) is -0.259. The van der Waals surface area contributed by atoms with Gasteiger partial charge in [-0.3, -0.25) is 4.79 Å². The Balaban J connectivity index is 1.93. The van der Waals surface area contributed by atoms with Gasteiger partial charge in [-0.25, -0.2) is 0 Å². The topological polar surface area (TPSA) is 48.0 Å². The van der Waals surface area contributed by atoms with E-state index in [1.54, 1.807) is 11.0 Å². The average molecular weight is 381 g/mol. The molecule has 5 nitrogen and oxygen atoms in total. The Labute approximate surface area is 159 Å². The maximum atomic E-state index is 12.9. The van der Waals surface area contributed by atoms with E-state index in [1.165, 1.54) is 12.1 Å². The molecule has 0 spiro atoms. The van der Waals surface area contributed by atoms with Crippen LogP contribution in [0.1, 0.15) is 57.3 Å². The first-order chi connectivity index (χ1) is 12.6. The van der Waals surface area contributed by atoms with E-state index in [4.69, 9.17) is 9.31 Å². The smallest absolute Gasteiger partial charge is 0.435 e. The molecule has 1 aromatic rings. The lowest BCUT2D eigenvalue weighted by Crippen LogP contribution is -2.41. The van der Waals surface area contributed by atoms with Gasteiger partial charge in [-0.15, -0.1) is 0 Å². The van der Waals surface area contributed by atoms with Crippen molar-refractivity contribution in [2.75, 3.05) is 13.1 Å². The van der Waals surface area contributed by atoms with E-state index in [1.807, 2.05) is 27.7 Å². The SMILES string of the molecule is CC1(C)OB(c2cc(OC(F)F)cc(C(=O)N3CCCCC3)c2)OC1(C)C. The van der Waals surface area contributed by atoms with E-state index in [-0.39, 0.29) is 11.7 Å². The van der Waals surface area contributed by atoms with Gasteiger partial charge in [0.2, 0.25) is 0 Å². The number of alkyl halides is 2. The first-order valence-corrected chi connectivity index (χ1v) is 9.34. The van der Waals surface area contributed by atoms with Crippen molar-refractivity contribution in [3.8, 4) is 5.75 Å². The minimum Gasteiger partial charge on any atom is -0.435 e. The molecule has 148 valence electrons. The van der Waals surface area contributed by atoms with Gasteiger partial charge in [-0.1, -0.05) is 0 Å². The molecular formula is C19H26BF2NO4. The van der Waals surface area contributed by atoms with E-state index in [9.17, 15) is 13.6 Å². The number of likely N-dealkylation sites (tertiary alicyclic amines) is 1. The quantitative estimate of drug-likeness (QED) is 0.752. The van der Waals surface area contributed by atoms with E-state index in [0.717, 1.165) is 19.3 Å². The highest BCUT2D eigenvalue weighted by atomic mass is 19.3. The van der Waals surface area contributed by atoms with Gasteiger partial charge < -0.3 is 18.9 Å². The number of hydrogen-bond acceptors (Lipinski definition) is 4. The van der Waals surface area contributed by atoms with Crippen LogP contribution in [0.15, 0.2) is 18.2 Å². The highest BCUT2D eigenvalue weighted by molar-refractivity contribution is 6.62. The van der Waals surface area contributed by atoms with Gasteiger partial charge in [0.1, 0.15) is 5.75 Å². The summed E-state index contributed by atoms with van der Waals surface area (Å²) in [4.78, 5) is 14.6. The number of halogens is 2. The lowest BCUT2D eigenvalue weighted by molar-refractivity contribution is -0.0498. The van der Waals surface area contributed by atoms with Crippen molar-refractivity contribution >= 4 is 18.5 Å². The number of carbonyl (C=O) groups is 1. The van der Waals surface area contributed by atoms with E-state index in [2.05, 4.69) is 4.74 Å². The van der Waals surface area contributed by atoms with E-state index in [0.29, 0.717) is 24.1 Å². The first-order valence-electron chi connectivity index (χ1n) is 9.34. The van der Waals surface area contributed by atoms with Crippen LogP contribution in [0.4, 0.5) is 8.78 Å². The highest BCUT2D eigenvalue weighted by Crippen LogP contribution is 2.36. The molecule has 2 saturated heterocycles. The fourth-order valence-electron chi connectivity index (χ4n) is 3.31. The van der Waals surface area contributed by atoms with Gasteiger partial charge in [0.25, 0.3) is 5.91 Å². The Morgan fingerprint density at radius 3 is 2.22 bits per heavy atom. The molecule has 2 aliphatic rings. The predicted octanol–water partition coefficient (Wildman–Crippen LogP) is 3.21. The molecule has 1 aromatic carbocycles. The van der Waals surface area contributed by atoms with Gasteiger partial charge in [0, 0.05) is 18.7 Å². The van der Waals surface area contributed by atoms with Crippen LogP contribution in [0.2, 0.25) is 0 Å². The molecule has 3 rings (SSSR count). The molecule has 27 heavy (non-hydrogen) atoms. The zero-order valence-electron chi connectivity index (χ0n) is 16.3. The van der Waals surface area contributed by atoms with Crippen molar-refractivity contribution in [2.24, 2.45) is 0 Å². The van der Waals surface area contributed by atoms with E-state index < -0.39 is 24.9 Å². The highest BCUT2D eigenvalue weighted by Gasteiger charge is 2.52. The van der Waals surface area contributed by atoms with Crippen molar-refractivity contribution in [3.05, 3.63) is 23.8 Å². The van der Waals surface area contributed by atoms with Crippen LogP contribution in [-0.4, -0.2) is 48.8 Å². The fraction of sp³-hybridized carbons (Fsp3) is 0.632. The molecular weight excluding hydrogens is 355 g/mol. The Morgan fingerprint density at radius 2 is 1.67 bits per heavy atom. The summed E-state index contributed by atoms with van der Waals surface area (Å²) in [7, 11) is -0.760. The maximum absolute atomic E-state index is 12.9. The minimum atomic E-state index is -2.98. The number of ether oxygens (including phenoxy) is 1. The minimum absolute atomic E-state index is 0.0717. The normalized spacial score (nSPS) is 21.6. The fourth-order valence-corrected chi connectivity index (χ4v) is 3.31. The summed E-state index contributed by atoms with van der Waals surface area (Å²) >= 11 is 0. The average Bonchev–Trinajstić information content (AvgIpc) is 2.82. The van der Waals surface area contributed by atoms with Crippen molar-refractivity contribution in [3.63, 3.8) is 0 Å². The third-order valence-corrected chi connectivity index (χ3v) is 5.57. The molecule has 0 atom stereocenters. The lowest BCUT2D eigenvalue weighted by Gasteiger charge is -2.32. The Hall–Kier alpha value is -1.67. The summed E-state index contributed by atoms with van der Waals surface area (Å²) in [5.41, 5.74) is -0.352. The summed E-state index contributed by atoms with van der Waals surface area (Å²) in [6.07, 6.45) is 2.99. The largest absolute Gasteiger partial charge is 0.494 e. The Morgan fingerprint density at radius 1 is 1.07 bits per heavy atom. The van der Waals surface area contributed by atoms with Gasteiger partial charge >= 0.3 is 13.7 Å². The first kappa shape index (κ1) is 20.1. The lowest BCUT2D eigenvalue weighted by atomic mass is 9.78. The molecule has 2 heterocycles. The van der Waals surface area contributed by atoms with Gasteiger partial charge in [-0.2, -0.15) is 8.78 Å². The van der Waals surface area contributed by atoms with Crippen LogP contribution in [0.3, 0.4) is 0 Å². The number of amides is 1. The second-order valence-electron chi connectivity index (χ2n) is 8.11. The summed E-state index contributed by atoms with van der Waals surface area (Å²) in [5, 5.41) is 0. The van der Waals surface area contributed by atoms with Crippen molar-refractivity contribution < 1.29 is 27.6 Å². The summed E-state index contributed by atoms with van der Waals surface area (Å²) in [6.45, 7) is 6.00. The van der Waals surface area contributed by atoms with Crippen LogP contribution in [0.5, 0.6) is 5.75 Å². The molecule has 0 aliphatic carbocycles. The van der Waals surface area contributed by atoms with Gasteiger partial charge in [-0.05, 0) is 70.6 Å². The van der Waals surface area contributed by atoms with Gasteiger partial charge in [0.15, 0.2) is 0 Å². The zero-order valence-corrected chi connectivity index (χ0v) is 16.3. The molecule has 1 amide bonds. The molecule has 0 saturated carbocycles. The Kier molecular flexibility index (Phi) is 5.50. The number of piperidine rings is 1. The molecule has 8 heteroatoms. The van der Waals surface area contributed by atoms with Crippen molar-refractivity contribution in [1.29, 1.82) is 0 Å². The Bertz CT molecular complexity index is 689. The van der Waals surface area contributed by atoms with Crippen LogP contribution >= 0.6 is 0 Å². The second-order valence-corrected chi connectivity index (χ2v) is 8.11. The van der Waals surface area contributed by atoms with E-state index >= 15 is 0 Å². The molecule has 2 aliphatic heterocycles. The van der Waals surface area contributed by atoms with Crippen molar-refractivity contribution in [1.82, 2.24) is 4.90 Å². The standard InChI is InChI=1S/C19H26BF2NO4/c1-18(2)19(3,4)27-20(26-18)14-10-13(11-15(12-14)25-17(21)22)16(24)23-8-6-5-7-9-23/h10-12,17H,5-9H2,1-4H3. The molecule has 0 aromatic heterocycles. The molecule has 0 bridgehead atoms. The zero-order chi connectivity index (χ0) is 19.8. The van der Waals surface area contributed by atoms with Crippen LogP contribution in [-0.2, 0) is 9.31 Å².